The Hall–Kier alpha value is -3.86. The van der Waals surface area contributed by atoms with Gasteiger partial charge in [-0.2, -0.15) is 0 Å². The van der Waals surface area contributed by atoms with Crippen LogP contribution in [0.15, 0.2) is 106 Å². The van der Waals surface area contributed by atoms with Crippen LogP contribution in [0.3, 0.4) is 0 Å². The van der Waals surface area contributed by atoms with E-state index in [1.807, 2.05) is 61.5 Å². The first-order chi connectivity index (χ1) is 23.0. The van der Waals surface area contributed by atoms with E-state index in [2.05, 4.69) is 21.2 Å². The van der Waals surface area contributed by atoms with Crippen LogP contribution in [0.25, 0.3) is 0 Å². The highest BCUT2D eigenvalue weighted by atomic mass is 79.9. The molecule has 0 radical (unpaired) electrons. The van der Waals surface area contributed by atoms with Gasteiger partial charge in [0.2, 0.25) is 11.8 Å². The fraction of sp³-hybridized carbons (Fsp3) is 0.297. The molecule has 11 heteroatoms. The molecular formula is C37H39BrClN3O5S. The van der Waals surface area contributed by atoms with Gasteiger partial charge in [0.25, 0.3) is 10.0 Å². The van der Waals surface area contributed by atoms with Crippen molar-refractivity contribution in [2.75, 3.05) is 18.0 Å². The number of amides is 2. The number of nitrogens with zero attached hydrogens (tertiary/aromatic N) is 2. The Morgan fingerprint density at radius 2 is 1.62 bits per heavy atom. The van der Waals surface area contributed by atoms with E-state index in [1.165, 1.54) is 30.2 Å². The lowest BCUT2D eigenvalue weighted by Gasteiger charge is -2.34. The smallest absolute Gasteiger partial charge is 0.264 e. The summed E-state index contributed by atoms with van der Waals surface area (Å²) in [7, 11) is -2.89. The molecule has 1 aliphatic carbocycles. The van der Waals surface area contributed by atoms with Gasteiger partial charge < -0.3 is 15.0 Å². The zero-order valence-corrected chi connectivity index (χ0v) is 30.1. The predicted molar refractivity (Wildman–Crippen MR) is 193 cm³/mol. The van der Waals surface area contributed by atoms with Gasteiger partial charge in [0, 0.05) is 28.5 Å². The van der Waals surface area contributed by atoms with Gasteiger partial charge in [-0.25, -0.2) is 8.42 Å². The number of carbonyl (C=O) groups excluding carboxylic acids is 2. The standard InChI is InChI=1S/C37H39BrClN3O5S/c1-26-15-18-32(19-16-26)48(45,46)42(33-23-30(39)17-20-35(33)47-2)25-36(43)41(24-28-11-8-12-29(38)21-28)34(22-27-9-4-3-5-10-27)37(44)40-31-13-6-7-14-31/h3-5,8-12,15-21,23,31,34H,6-7,13-14,22,24-25H2,1-2H3,(H,40,44)/t34-/m1/s1. The normalized spacial score (nSPS) is 13.9. The number of aryl methyl sites for hydroxylation is 1. The zero-order chi connectivity index (χ0) is 34.3. The summed E-state index contributed by atoms with van der Waals surface area (Å²) in [6.45, 7) is 1.32. The quantitative estimate of drug-likeness (QED) is 0.155. The number of ether oxygens (including phenoxy) is 1. The van der Waals surface area contributed by atoms with E-state index in [0.717, 1.165) is 51.2 Å². The predicted octanol–water partition coefficient (Wildman–Crippen LogP) is 7.31. The van der Waals surface area contributed by atoms with Crippen LogP contribution in [0.2, 0.25) is 5.02 Å². The SMILES string of the molecule is COc1ccc(Cl)cc1N(CC(=O)N(Cc1cccc(Br)c1)[C@H](Cc1ccccc1)C(=O)NC1CCCC1)S(=O)(=O)c1ccc(C)cc1. The maximum atomic E-state index is 14.8. The third-order valence-electron chi connectivity index (χ3n) is 8.51. The van der Waals surface area contributed by atoms with Crippen molar-refractivity contribution in [2.24, 2.45) is 0 Å². The zero-order valence-electron chi connectivity index (χ0n) is 26.9. The number of anilines is 1. The van der Waals surface area contributed by atoms with Gasteiger partial charge in [0.1, 0.15) is 18.3 Å². The second-order valence-electron chi connectivity index (χ2n) is 12.0. The molecule has 1 fully saturated rings. The number of hydrogen-bond acceptors (Lipinski definition) is 5. The maximum absolute atomic E-state index is 14.8. The second kappa shape index (κ2) is 16.0. The molecule has 4 aromatic carbocycles. The third-order valence-corrected chi connectivity index (χ3v) is 11.0. The average Bonchev–Trinajstić information content (AvgIpc) is 3.58. The molecule has 0 unspecified atom stereocenters. The molecule has 1 N–H and O–H groups in total. The number of methoxy groups -OCH3 is 1. The lowest BCUT2D eigenvalue weighted by Crippen LogP contribution is -2.54. The number of nitrogens with one attached hydrogen (secondary N) is 1. The van der Waals surface area contributed by atoms with E-state index >= 15 is 0 Å². The largest absolute Gasteiger partial charge is 0.495 e. The Balaban J connectivity index is 1.60. The van der Waals surface area contributed by atoms with Gasteiger partial charge >= 0.3 is 0 Å². The Kier molecular flexibility index (Phi) is 11.8. The lowest BCUT2D eigenvalue weighted by atomic mass is 10.0. The van der Waals surface area contributed by atoms with Crippen molar-refractivity contribution in [1.82, 2.24) is 10.2 Å². The molecule has 1 atom stereocenters. The Bertz CT molecular complexity index is 1830. The Morgan fingerprint density at radius 3 is 2.29 bits per heavy atom. The van der Waals surface area contributed by atoms with Crippen molar-refractivity contribution in [1.29, 1.82) is 0 Å². The van der Waals surface area contributed by atoms with E-state index in [-0.39, 0.29) is 46.3 Å². The minimum absolute atomic E-state index is 0.00119. The van der Waals surface area contributed by atoms with Gasteiger partial charge in [-0.05, 0) is 73.4 Å². The van der Waals surface area contributed by atoms with Gasteiger partial charge in [-0.3, -0.25) is 13.9 Å². The summed E-state index contributed by atoms with van der Waals surface area (Å²) in [5.74, 6) is -0.612. The van der Waals surface area contributed by atoms with Gasteiger partial charge in [0.05, 0.1) is 17.7 Å². The number of rotatable bonds is 13. The van der Waals surface area contributed by atoms with Crippen LogP contribution in [0, 0.1) is 6.92 Å². The van der Waals surface area contributed by atoms with Crippen molar-refractivity contribution in [3.8, 4) is 5.75 Å². The van der Waals surface area contributed by atoms with Crippen LogP contribution in [-0.2, 0) is 32.6 Å². The number of sulfonamides is 1. The summed E-state index contributed by atoms with van der Waals surface area (Å²) in [6.07, 6.45) is 4.05. The summed E-state index contributed by atoms with van der Waals surface area (Å²) < 4.78 is 36.2. The average molecular weight is 753 g/mol. The number of benzene rings is 4. The van der Waals surface area contributed by atoms with Crippen molar-refractivity contribution < 1.29 is 22.7 Å². The topological polar surface area (TPSA) is 96.0 Å². The van der Waals surface area contributed by atoms with Crippen molar-refractivity contribution in [3.05, 3.63) is 123 Å². The fourth-order valence-electron chi connectivity index (χ4n) is 5.96. The minimum atomic E-state index is -4.31. The molecule has 4 aromatic rings. The van der Waals surface area contributed by atoms with Crippen LogP contribution in [-0.4, -0.2) is 50.9 Å². The summed E-state index contributed by atoms with van der Waals surface area (Å²) in [6, 6.07) is 27.1. The molecule has 2 amide bonds. The molecule has 252 valence electrons. The van der Waals surface area contributed by atoms with E-state index in [0.29, 0.717) is 0 Å². The highest BCUT2D eigenvalue weighted by Gasteiger charge is 2.36. The molecule has 0 saturated heterocycles. The molecular weight excluding hydrogens is 714 g/mol. The highest BCUT2D eigenvalue weighted by molar-refractivity contribution is 9.10. The summed E-state index contributed by atoms with van der Waals surface area (Å²) in [5, 5.41) is 3.46. The molecule has 48 heavy (non-hydrogen) atoms. The minimum Gasteiger partial charge on any atom is -0.495 e. The van der Waals surface area contributed by atoms with Crippen molar-refractivity contribution in [2.45, 2.75) is 62.6 Å². The first-order valence-electron chi connectivity index (χ1n) is 15.9. The first kappa shape index (κ1) is 35.4. The molecule has 8 nitrogen and oxygen atoms in total. The van der Waals surface area contributed by atoms with Crippen molar-refractivity contribution >= 4 is 55.1 Å². The molecule has 1 aliphatic rings. The van der Waals surface area contributed by atoms with Crippen LogP contribution in [0.1, 0.15) is 42.4 Å². The van der Waals surface area contributed by atoms with Gasteiger partial charge in [-0.1, -0.05) is 101 Å². The monoisotopic (exact) mass is 751 g/mol. The molecule has 0 aromatic heterocycles. The van der Waals surface area contributed by atoms with Crippen LogP contribution < -0.4 is 14.4 Å². The lowest BCUT2D eigenvalue weighted by molar-refractivity contribution is -0.140. The highest BCUT2D eigenvalue weighted by Crippen LogP contribution is 2.35. The van der Waals surface area contributed by atoms with E-state index in [4.69, 9.17) is 16.3 Å². The summed E-state index contributed by atoms with van der Waals surface area (Å²) >= 11 is 9.91. The number of hydrogen-bond donors (Lipinski definition) is 1. The second-order valence-corrected chi connectivity index (χ2v) is 15.2. The van der Waals surface area contributed by atoms with E-state index in [1.54, 1.807) is 24.3 Å². The molecule has 0 bridgehead atoms. The molecule has 5 rings (SSSR count). The molecule has 0 spiro atoms. The number of carbonyl (C=O) groups is 2. The van der Waals surface area contributed by atoms with Crippen LogP contribution in [0.5, 0.6) is 5.75 Å². The van der Waals surface area contributed by atoms with E-state index < -0.39 is 28.5 Å². The van der Waals surface area contributed by atoms with Crippen LogP contribution in [0.4, 0.5) is 5.69 Å². The molecule has 0 heterocycles. The molecule has 0 aliphatic heterocycles. The summed E-state index contributed by atoms with van der Waals surface area (Å²) in [5.41, 5.74) is 2.64. The van der Waals surface area contributed by atoms with E-state index in [9.17, 15) is 18.0 Å². The van der Waals surface area contributed by atoms with Crippen LogP contribution >= 0.6 is 27.5 Å². The summed E-state index contributed by atoms with van der Waals surface area (Å²) in [4.78, 5) is 30.4. The van der Waals surface area contributed by atoms with Gasteiger partial charge in [-0.15, -0.1) is 0 Å². The van der Waals surface area contributed by atoms with Gasteiger partial charge in [0.15, 0.2) is 0 Å². The van der Waals surface area contributed by atoms with Crippen molar-refractivity contribution in [3.63, 3.8) is 0 Å². The number of halogens is 2. The third kappa shape index (κ3) is 8.78. The molecule has 1 saturated carbocycles. The maximum Gasteiger partial charge on any atom is 0.264 e. The fourth-order valence-corrected chi connectivity index (χ4v) is 7.99. The Labute approximate surface area is 296 Å². The first-order valence-corrected chi connectivity index (χ1v) is 18.5. The Morgan fingerprint density at radius 1 is 0.938 bits per heavy atom.